The zero-order valence-electron chi connectivity index (χ0n) is 11.5. The van der Waals surface area contributed by atoms with Crippen molar-refractivity contribution in [1.29, 1.82) is 0 Å². The third-order valence-electron chi connectivity index (χ3n) is 4.23. The first-order valence-electron chi connectivity index (χ1n) is 7.27. The van der Waals surface area contributed by atoms with Crippen LogP contribution < -0.4 is 0 Å². The van der Waals surface area contributed by atoms with Crippen molar-refractivity contribution < 1.29 is 5.11 Å². The normalized spacial score (nSPS) is 25.2. The van der Waals surface area contributed by atoms with Crippen molar-refractivity contribution in [3.63, 3.8) is 0 Å². The van der Waals surface area contributed by atoms with Crippen molar-refractivity contribution in [2.24, 2.45) is 11.8 Å². The number of benzene rings is 1. The number of halogens is 1. The second kappa shape index (κ2) is 7.70. The summed E-state index contributed by atoms with van der Waals surface area (Å²) in [6, 6.07) is 8.25. The molecule has 0 spiro atoms. The molecule has 0 radical (unpaired) electrons. The maximum atomic E-state index is 10.5. The predicted molar refractivity (Wildman–Crippen MR) is 86.6 cm³/mol. The van der Waals surface area contributed by atoms with Gasteiger partial charge in [-0.3, -0.25) is 0 Å². The van der Waals surface area contributed by atoms with Crippen LogP contribution in [0.1, 0.15) is 39.0 Å². The van der Waals surface area contributed by atoms with Gasteiger partial charge in [0.25, 0.3) is 0 Å². The van der Waals surface area contributed by atoms with Gasteiger partial charge in [0.05, 0.1) is 6.10 Å². The molecule has 0 amide bonds. The van der Waals surface area contributed by atoms with Gasteiger partial charge in [-0.15, -0.1) is 11.8 Å². The Hall–Kier alpha value is 0.01000. The second-order valence-electron chi connectivity index (χ2n) is 5.43. The van der Waals surface area contributed by atoms with E-state index in [1.807, 2.05) is 6.07 Å². The van der Waals surface area contributed by atoms with E-state index in [0.717, 1.165) is 16.1 Å². The first-order chi connectivity index (χ1) is 9.22. The smallest absolute Gasteiger partial charge is 0.0664 e. The molecule has 3 atom stereocenters. The molecule has 1 aromatic carbocycles. The van der Waals surface area contributed by atoms with Crippen LogP contribution in [-0.4, -0.2) is 17.0 Å². The van der Waals surface area contributed by atoms with E-state index in [1.54, 1.807) is 11.8 Å². The molecule has 1 aliphatic carbocycles. The van der Waals surface area contributed by atoms with Gasteiger partial charge < -0.3 is 5.11 Å². The lowest BCUT2D eigenvalue weighted by atomic mass is 9.75. The van der Waals surface area contributed by atoms with Gasteiger partial charge in [0.1, 0.15) is 0 Å². The van der Waals surface area contributed by atoms with Crippen LogP contribution in [-0.2, 0) is 0 Å². The fourth-order valence-corrected chi connectivity index (χ4v) is 4.72. The lowest BCUT2D eigenvalue weighted by Gasteiger charge is -2.34. The lowest BCUT2D eigenvalue weighted by molar-refractivity contribution is 0.0629. The fourth-order valence-electron chi connectivity index (χ4n) is 3.11. The Kier molecular flexibility index (Phi) is 6.24. The number of hydrogen-bond acceptors (Lipinski definition) is 2. The molecule has 0 heterocycles. The van der Waals surface area contributed by atoms with Gasteiger partial charge in [-0.2, -0.15) is 0 Å². The van der Waals surface area contributed by atoms with Gasteiger partial charge >= 0.3 is 0 Å². The van der Waals surface area contributed by atoms with Crippen molar-refractivity contribution in [2.75, 3.05) is 5.75 Å². The highest BCUT2D eigenvalue weighted by Gasteiger charge is 2.29. The highest BCUT2D eigenvalue weighted by molar-refractivity contribution is 9.10. The minimum atomic E-state index is -0.164. The molecule has 0 aliphatic heterocycles. The maximum Gasteiger partial charge on any atom is 0.0664 e. The van der Waals surface area contributed by atoms with Crippen LogP contribution in [0.25, 0.3) is 0 Å². The minimum absolute atomic E-state index is 0.164. The van der Waals surface area contributed by atoms with Gasteiger partial charge in [0.15, 0.2) is 0 Å². The summed E-state index contributed by atoms with van der Waals surface area (Å²) in [5, 5.41) is 10.5. The van der Waals surface area contributed by atoms with Crippen molar-refractivity contribution in [2.45, 2.75) is 50.0 Å². The van der Waals surface area contributed by atoms with Gasteiger partial charge in [-0.1, -0.05) is 44.7 Å². The molecule has 1 nitrogen and oxygen atoms in total. The summed E-state index contributed by atoms with van der Waals surface area (Å²) >= 11 is 5.33. The topological polar surface area (TPSA) is 20.2 Å². The molecule has 1 fully saturated rings. The molecule has 19 heavy (non-hydrogen) atoms. The predicted octanol–water partition coefficient (Wildman–Crippen LogP) is 5.12. The minimum Gasteiger partial charge on any atom is -0.392 e. The zero-order valence-corrected chi connectivity index (χ0v) is 13.9. The second-order valence-corrected chi connectivity index (χ2v) is 7.34. The molecular formula is C16H23BrOS. The number of aliphatic hydroxyl groups excluding tert-OH is 1. The largest absolute Gasteiger partial charge is 0.392 e. The van der Waals surface area contributed by atoms with E-state index in [-0.39, 0.29) is 6.10 Å². The molecule has 2 rings (SSSR count). The molecule has 1 saturated carbocycles. The van der Waals surface area contributed by atoms with E-state index < -0.39 is 0 Å². The highest BCUT2D eigenvalue weighted by Crippen LogP contribution is 2.36. The number of hydrogen-bond donors (Lipinski definition) is 1. The Morgan fingerprint density at radius 3 is 2.79 bits per heavy atom. The average Bonchev–Trinajstić information content (AvgIpc) is 2.46. The van der Waals surface area contributed by atoms with Gasteiger partial charge in [-0.25, -0.2) is 0 Å². The Morgan fingerprint density at radius 2 is 2.05 bits per heavy atom. The summed E-state index contributed by atoms with van der Waals surface area (Å²) in [5.74, 6) is 2.04. The average molecular weight is 343 g/mol. The highest BCUT2D eigenvalue weighted by atomic mass is 79.9. The van der Waals surface area contributed by atoms with Crippen molar-refractivity contribution in [3.8, 4) is 0 Å². The summed E-state index contributed by atoms with van der Waals surface area (Å²) in [6.45, 7) is 2.26. The molecule has 3 heteroatoms. The molecule has 1 aromatic rings. The third kappa shape index (κ3) is 4.24. The van der Waals surface area contributed by atoms with Crippen LogP contribution in [0, 0.1) is 11.8 Å². The Morgan fingerprint density at radius 1 is 1.32 bits per heavy atom. The van der Waals surface area contributed by atoms with E-state index in [4.69, 9.17) is 0 Å². The third-order valence-corrected chi connectivity index (χ3v) is 6.36. The van der Waals surface area contributed by atoms with Gasteiger partial charge in [0.2, 0.25) is 0 Å². The standard InChI is InChI=1S/C16H23BrOS/c1-2-12-7-3-4-8-13(12)15(18)11-19-16-10-6-5-9-14(16)17/h5-6,9-10,12-13,15,18H,2-4,7-8,11H2,1H3. The molecule has 1 aliphatic rings. The molecule has 0 aromatic heterocycles. The van der Waals surface area contributed by atoms with Crippen molar-refractivity contribution in [3.05, 3.63) is 28.7 Å². The number of rotatable bonds is 5. The van der Waals surface area contributed by atoms with Gasteiger partial charge in [-0.05, 0) is 46.3 Å². The monoisotopic (exact) mass is 342 g/mol. The number of thioether (sulfide) groups is 1. The summed E-state index contributed by atoms with van der Waals surface area (Å²) in [7, 11) is 0. The van der Waals surface area contributed by atoms with Crippen LogP contribution in [0.5, 0.6) is 0 Å². The maximum absolute atomic E-state index is 10.5. The summed E-state index contributed by atoms with van der Waals surface area (Å²) < 4.78 is 1.13. The Labute approximate surface area is 129 Å². The van der Waals surface area contributed by atoms with E-state index in [2.05, 4.69) is 41.1 Å². The SMILES string of the molecule is CCC1CCCCC1C(O)CSc1ccccc1Br. The number of aliphatic hydroxyl groups is 1. The summed E-state index contributed by atoms with van der Waals surface area (Å²) in [4.78, 5) is 1.23. The van der Waals surface area contributed by atoms with Crippen molar-refractivity contribution in [1.82, 2.24) is 0 Å². The zero-order chi connectivity index (χ0) is 13.7. The molecule has 3 unspecified atom stereocenters. The first-order valence-corrected chi connectivity index (χ1v) is 9.05. The molecular weight excluding hydrogens is 320 g/mol. The first kappa shape index (κ1) is 15.4. The summed E-state index contributed by atoms with van der Waals surface area (Å²) in [5.41, 5.74) is 0. The Balaban J connectivity index is 1.90. The molecule has 0 bridgehead atoms. The van der Waals surface area contributed by atoms with Crippen LogP contribution in [0.2, 0.25) is 0 Å². The molecule has 1 N–H and O–H groups in total. The lowest BCUT2D eigenvalue weighted by Crippen LogP contribution is -2.32. The molecule has 106 valence electrons. The van der Waals surface area contributed by atoms with Gasteiger partial charge in [0, 0.05) is 15.1 Å². The van der Waals surface area contributed by atoms with E-state index >= 15 is 0 Å². The fraction of sp³-hybridized carbons (Fsp3) is 0.625. The van der Waals surface area contributed by atoms with E-state index in [1.165, 1.54) is 37.0 Å². The Bertz CT molecular complexity index is 396. The summed E-state index contributed by atoms with van der Waals surface area (Å²) in [6.07, 6.45) is 6.19. The molecule has 0 saturated heterocycles. The van der Waals surface area contributed by atoms with Crippen molar-refractivity contribution >= 4 is 27.7 Å². The quantitative estimate of drug-likeness (QED) is 0.749. The van der Waals surface area contributed by atoms with Crippen LogP contribution in [0.15, 0.2) is 33.6 Å². The van der Waals surface area contributed by atoms with Crippen LogP contribution >= 0.6 is 27.7 Å². The van der Waals surface area contributed by atoms with E-state index in [9.17, 15) is 5.11 Å². The van der Waals surface area contributed by atoms with E-state index in [0.29, 0.717) is 5.92 Å². The van der Waals surface area contributed by atoms with Crippen LogP contribution in [0.3, 0.4) is 0 Å². The van der Waals surface area contributed by atoms with Crippen LogP contribution in [0.4, 0.5) is 0 Å².